The third-order valence-corrected chi connectivity index (χ3v) is 3.38. The summed E-state index contributed by atoms with van der Waals surface area (Å²) in [6.45, 7) is 1.04. The zero-order valence-corrected chi connectivity index (χ0v) is 11.9. The Morgan fingerprint density at radius 1 is 1.40 bits per heavy atom. The Labute approximate surface area is 119 Å². The fourth-order valence-electron chi connectivity index (χ4n) is 2.09. The summed E-state index contributed by atoms with van der Waals surface area (Å²) in [5, 5.41) is 0. The molecule has 1 aliphatic rings. The largest absolute Gasteiger partial charge is 0.497 e. The quantitative estimate of drug-likeness (QED) is 0.746. The summed E-state index contributed by atoms with van der Waals surface area (Å²) in [6.07, 6.45) is 7.71. The third kappa shape index (κ3) is 3.24. The van der Waals surface area contributed by atoms with Gasteiger partial charge in [-0.3, -0.25) is 4.79 Å². The number of ether oxygens (including phenoxy) is 2. The number of terminal acetylenes is 1. The molecular formula is C16H19NO3. The van der Waals surface area contributed by atoms with E-state index in [-0.39, 0.29) is 5.91 Å². The van der Waals surface area contributed by atoms with Gasteiger partial charge in [0, 0.05) is 12.6 Å². The molecule has 0 unspecified atom stereocenters. The lowest BCUT2D eigenvalue weighted by Crippen LogP contribution is -2.33. The molecule has 0 heterocycles. The van der Waals surface area contributed by atoms with E-state index in [0.29, 0.717) is 29.5 Å². The SMILES string of the molecule is C#CCN(CC1CC1)C(=O)c1ccc(OC)cc1OC. The zero-order valence-electron chi connectivity index (χ0n) is 11.9. The average Bonchev–Trinajstić information content (AvgIpc) is 3.29. The predicted molar refractivity (Wildman–Crippen MR) is 77.0 cm³/mol. The monoisotopic (exact) mass is 273 g/mol. The number of methoxy groups -OCH3 is 2. The molecule has 0 atom stereocenters. The van der Waals surface area contributed by atoms with Gasteiger partial charge in [-0.1, -0.05) is 5.92 Å². The Morgan fingerprint density at radius 3 is 2.70 bits per heavy atom. The molecule has 1 aliphatic carbocycles. The molecule has 0 radical (unpaired) electrons. The molecule has 0 saturated heterocycles. The van der Waals surface area contributed by atoms with Crippen molar-refractivity contribution in [1.82, 2.24) is 4.90 Å². The molecule has 20 heavy (non-hydrogen) atoms. The molecule has 106 valence electrons. The number of benzene rings is 1. The average molecular weight is 273 g/mol. The number of carbonyl (C=O) groups excluding carboxylic acids is 1. The molecule has 0 spiro atoms. The minimum absolute atomic E-state index is 0.0886. The molecule has 0 bridgehead atoms. The molecular weight excluding hydrogens is 254 g/mol. The second-order valence-corrected chi connectivity index (χ2v) is 4.90. The number of amides is 1. The van der Waals surface area contributed by atoms with Crippen LogP contribution in [0.15, 0.2) is 18.2 Å². The Balaban J connectivity index is 2.23. The number of hydrogen-bond donors (Lipinski definition) is 0. The van der Waals surface area contributed by atoms with Gasteiger partial charge in [-0.15, -0.1) is 6.42 Å². The molecule has 4 nitrogen and oxygen atoms in total. The van der Waals surface area contributed by atoms with Gasteiger partial charge in [-0.25, -0.2) is 0 Å². The van der Waals surface area contributed by atoms with E-state index in [1.54, 1.807) is 30.2 Å². The first-order valence-electron chi connectivity index (χ1n) is 6.64. The van der Waals surface area contributed by atoms with Crippen LogP contribution in [0.3, 0.4) is 0 Å². The highest BCUT2D eigenvalue weighted by Crippen LogP contribution is 2.31. The fourth-order valence-corrected chi connectivity index (χ4v) is 2.09. The van der Waals surface area contributed by atoms with Crippen molar-refractivity contribution in [3.8, 4) is 23.8 Å². The zero-order chi connectivity index (χ0) is 14.5. The molecule has 1 saturated carbocycles. The van der Waals surface area contributed by atoms with Gasteiger partial charge in [0.1, 0.15) is 11.5 Å². The van der Waals surface area contributed by atoms with Crippen LogP contribution in [-0.4, -0.2) is 38.1 Å². The van der Waals surface area contributed by atoms with E-state index < -0.39 is 0 Å². The van der Waals surface area contributed by atoms with Gasteiger partial charge in [0.2, 0.25) is 0 Å². The van der Waals surface area contributed by atoms with Gasteiger partial charge in [0.15, 0.2) is 0 Å². The third-order valence-electron chi connectivity index (χ3n) is 3.38. The van der Waals surface area contributed by atoms with Crippen molar-refractivity contribution in [2.45, 2.75) is 12.8 Å². The Bertz CT molecular complexity index is 529. The lowest BCUT2D eigenvalue weighted by Gasteiger charge is -2.21. The molecule has 0 N–H and O–H groups in total. The van der Waals surface area contributed by atoms with Crippen molar-refractivity contribution in [3.63, 3.8) is 0 Å². The highest BCUT2D eigenvalue weighted by molar-refractivity contribution is 5.97. The minimum Gasteiger partial charge on any atom is -0.497 e. The topological polar surface area (TPSA) is 38.8 Å². The van der Waals surface area contributed by atoms with Crippen LogP contribution < -0.4 is 9.47 Å². The molecule has 1 aromatic carbocycles. The molecule has 0 aromatic heterocycles. The summed E-state index contributed by atoms with van der Waals surface area (Å²) >= 11 is 0. The maximum absolute atomic E-state index is 12.6. The first-order valence-corrected chi connectivity index (χ1v) is 6.64. The Kier molecular flexibility index (Phi) is 4.52. The summed E-state index contributed by atoms with van der Waals surface area (Å²) in [7, 11) is 3.12. The summed E-state index contributed by atoms with van der Waals surface area (Å²) in [6, 6.07) is 5.18. The van der Waals surface area contributed by atoms with Gasteiger partial charge < -0.3 is 14.4 Å². The van der Waals surface area contributed by atoms with Crippen LogP contribution in [0.4, 0.5) is 0 Å². The highest BCUT2D eigenvalue weighted by atomic mass is 16.5. The van der Waals surface area contributed by atoms with Gasteiger partial charge in [-0.2, -0.15) is 0 Å². The number of nitrogens with zero attached hydrogens (tertiary/aromatic N) is 1. The lowest BCUT2D eigenvalue weighted by molar-refractivity contribution is 0.0766. The van der Waals surface area contributed by atoms with E-state index in [1.807, 2.05) is 0 Å². The standard InChI is InChI=1S/C16H19NO3/c1-4-9-17(11-12-5-6-12)16(18)14-8-7-13(19-2)10-15(14)20-3/h1,7-8,10,12H,5-6,9,11H2,2-3H3. The first kappa shape index (κ1) is 14.3. The number of hydrogen-bond acceptors (Lipinski definition) is 3. The van der Waals surface area contributed by atoms with Crippen molar-refractivity contribution < 1.29 is 14.3 Å². The molecule has 4 heteroatoms. The molecule has 1 aromatic rings. The van der Waals surface area contributed by atoms with Crippen molar-refractivity contribution in [2.75, 3.05) is 27.3 Å². The van der Waals surface area contributed by atoms with Crippen LogP contribution >= 0.6 is 0 Å². The fraction of sp³-hybridized carbons (Fsp3) is 0.438. The van der Waals surface area contributed by atoms with Crippen LogP contribution in [-0.2, 0) is 0 Å². The van der Waals surface area contributed by atoms with Gasteiger partial charge in [0.05, 0.1) is 26.3 Å². The van der Waals surface area contributed by atoms with E-state index in [0.717, 1.165) is 6.54 Å². The van der Waals surface area contributed by atoms with E-state index in [1.165, 1.54) is 20.0 Å². The highest BCUT2D eigenvalue weighted by Gasteiger charge is 2.28. The molecule has 0 aliphatic heterocycles. The molecule has 2 rings (SSSR count). The van der Waals surface area contributed by atoms with Gasteiger partial charge >= 0.3 is 0 Å². The number of carbonyl (C=O) groups is 1. The first-order chi connectivity index (χ1) is 9.69. The smallest absolute Gasteiger partial charge is 0.258 e. The van der Waals surface area contributed by atoms with E-state index in [2.05, 4.69) is 5.92 Å². The predicted octanol–water partition coefficient (Wildman–Crippen LogP) is 2.19. The van der Waals surface area contributed by atoms with Crippen molar-refractivity contribution in [3.05, 3.63) is 23.8 Å². The van der Waals surface area contributed by atoms with Crippen molar-refractivity contribution >= 4 is 5.91 Å². The summed E-state index contributed by atoms with van der Waals surface area (Å²) in [4.78, 5) is 14.3. The normalized spacial score (nSPS) is 13.4. The Morgan fingerprint density at radius 2 is 2.15 bits per heavy atom. The van der Waals surface area contributed by atoms with E-state index >= 15 is 0 Å². The number of rotatable bonds is 6. The maximum atomic E-state index is 12.6. The van der Waals surface area contributed by atoms with Crippen molar-refractivity contribution in [2.24, 2.45) is 5.92 Å². The second-order valence-electron chi connectivity index (χ2n) is 4.90. The van der Waals surface area contributed by atoms with Crippen molar-refractivity contribution in [1.29, 1.82) is 0 Å². The summed E-state index contributed by atoms with van der Waals surface area (Å²) in [5.74, 6) is 4.22. The van der Waals surface area contributed by atoms with Crippen LogP contribution in [0.5, 0.6) is 11.5 Å². The van der Waals surface area contributed by atoms with Crippen LogP contribution in [0.25, 0.3) is 0 Å². The van der Waals surface area contributed by atoms with Crippen LogP contribution in [0.1, 0.15) is 23.2 Å². The van der Waals surface area contributed by atoms with E-state index in [4.69, 9.17) is 15.9 Å². The molecule has 1 amide bonds. The van der Waals surface area contributed by atoms with Gasteiger partial charge in [-0.05, 0) is 30.9 Å². The van der Waals surface area contributed by atoms with Crippen LogP contribution in [0.2, 0.25) is 0 Å². The van der Waals surface area contributed by atoms with Crippen LogP contribution in [0, 0.1) is 18.3 Å². The summed E-state index contributed by atoms with van der Waals surface area (Å²) in [5.41, 5.74) is 0.518. The summed E-state index contributed by atoms with van der Waals surface area (Å²) < 4.78 is 10.4. The van der Waals surface area contributed by atoms with Gasteiger partial charge in [0.25, 0.3) is 5.91 Å². The maximum Gasteiger partial charge on any atom is 0.258 e. The minimum atomic E-state index is -0.0886. The Hall–Kier alpha value is -2.15. The molecule has 1 fully saturated rings. The lowest BCUT2D eigenvalue weighted by atomic mass is 10.1. The van der Waals surface area contributed by atoms with E-state index in [9.17, 15) is 4.79 Å². The second kappa shape index (κ2) is 6.33.